The van der Waals surface area contributed by atoms with Gasteiger partial charge in [-0.15, -0.1) is 0 Å². The predicted octanol–water partition coefficient (Wildman–Crippen LogP) is 3.88. The molecule has 9 nitrogen and oxygen atoms in total. The highest BCUT2D eigenvalue weighted by atomic mass is 16.6. The molecule has 0 aromatic heterocycles. The van der Waals surface area contributed by atoms with Crippen LogP contribution in [-0.4, -0.2) is 71.0 Å². The molecule has 2 aliphatic rings. The van der Waals surface area contributed by atoms with Crippen LogP contribution in [0.4, 0.5) is 0 Å². The minimum Gasteiger partial charge on any atom is -0.508 e. The fourth-order valence-corrected chi connectivity index (χ4v) is 1.52. The number of carboxylic acid groups (broad SMARTS) is 2. The molecule has 2 aromatic carbocycles. The van der Waals surface area contributed by atoms with Gasteiger partial charge in [0.05, 0.1) is 26.4 Å². The van der Waals surface area contributed by atoms with Gasteiger partial charge in [-0.3, -0.25) is 0 Å². The highest BCUT2D eigenvalue weighted by Crippen LogP contribution is 2.12. The third-order valence-corrected chi connectivity index (χ3v) is 3.65. The molecule has 0 saturated carbocycles. The Kier molecular flexibility index (Phi) is 16.8. The fraction of sp³-hybridized carbons (Fsp3) is 0.308. The second kappa shape index (κ2) is 18.7. The van der Waals surface area contributed by atoms with Gasteiger partial charge in [0.2, 0.25) is 0 Å². The second-order valence-electron chi connectivity index (χ2n) is 7.29. The van der Waals surface area contributed by atoms with Gasteiger partial charge in [-0.2, -0.15) is 0 Å². The number of hydrogen-bond acceptors (Lipinski definition) is 7. The molecule has 0 spiro atoms. The van der Waals surface area contributed by atoms with E-state index in [0.29, 0.717) is 23.7 Å². The second-order valence-corrected chi connectivity index (χ2v) is 7.29. The third-order valence-electron chi connectivity index (χ3n) is 3.65. The van der Waals surface area contributed by atoms with E-state index in [1.807, 2.05) is 12.1 Å². The molecule has 2 unspecified atom stereocenters. The zero-order valence-electron chi connectivity index (χ0n) is 20.0. The topological polar surface area (TPSA) is 149 Å². The Morgan fingerprint density at radius 2 is 1.03 bits per heavy atom. The van der Waals surface area contributed by atoms with Crippen LogP contribution in [0.1, 0.15) is 13.8 Å². The first-order chi connectivity index (χ1) is 16.5. The number of phenolic OH excluding ortho intramolecular Hbond substituents is 2. The van der Waals surface area contributed by atoms with Crippen LogP contribution in [0.5, 0.6) is 11.5 Å². The third kappa shape index (κ3) is 23.3. The summed E-state index contributed by atoms with van der Waals surface area (Å²) in [6.07, 6.45) is 0.785. The van der Waals surface area contributed by atoms with Crippen molar-refractivity contribution in [3.05, 3.63) is 85.0 Å². The summed E-state index contributed by atoms with van der Waals surface area (Å²) < 4.78 is 15.1. The summed E-state index contributed by atoms with van der Waals surface area (Å²) in [6.45, 7) is 12.5. The monoisotopic (exact) mass is 490 g/mol. The van der Waals surface area contributed by atoms with Crippen LogP contribution in [0.2, 0.25) is 0 Å². The highest BCUT2D eigenvalue weighted by Gasteiger charge is 2.26. The van der Waals surface area contributed by atoms with Crippen molar-refractivity contribution in [2.24, 2.45) is 0 Å². The average molecular weight is 491 g/mol. The Labute approximate surface area is 205 Å². The van der Waals surface area contributed by atoms with Crippen LogP contribution in [0, 0.1) is 0 Å². The van der Waals surface area contributed by atoms with E-state index in [1.54, 1.807) is 48.5 Å². The quantitative estimate of drug-likeness (QED) is 0.349. The Balaban J connectivity index is 0.000000418. The Morgan fingerprint density at radius 1 is 0.771 bits per heavy atom. The molecular weight excluding hydrogens is 456 g/mol. The molecule has 9 heteroatoms. The molecule has 4 rings (SSSR count). The maximum absolute atomic E-state index is 9.60. The number of hydrogen-bond donors (Lipinski definition) is 4. The van der Waals surface area contributed by atoms with Crippen LogP contribution in [-0.2, 0) is 23.8 Å². The number of rotatable bonds is 6. The van der Waals surface area contributed by atoms with E-state index in [2.05, 4.69) is 13.2 Å². The molecule has 2 fully saturated rings. The van der Waals surface area contributed by atoms with Gasteiger partial charge in [0.1, 0.15) is 23.7 Å². The van der Waals surface area contributed by atoms with E-state index in [9.17, 15) is 9.59 Å². The first-order valence-corrected chi connectivity index (χ1v) is 10.6. The van der Waals surface area contributed by atoms with Crippen LogP contribution >= 0.6 is 0 Å². The lowest BCUT2D eigenvalue weighted by Gasteiger charge is -1.95. The van der Waals surface area contributed by atoms with Crippen LogP contribution in [0.15, 0.2) is 85.0 Å². The van der Waals surface area contributed by atoms with Gasteiger partial charge in [0, 0.05) is 11.1 Å². The molecular formula is C26H34O9. The summed E-state index contributed by atoms with van der Waals surface area (Å²) >= 11 is 0. The molecule has 4 N–H and O–H groups in total. The van der Waals surface area contributed by atoms with Gasteiger partial charge in [-0.05, 0) is 38.1 Å². The van der Waals surface area contributed by atoms with Gasteiger partial charge in [-0.25, -0.2) is 9.59 Å². The molecule has 2 heterocycles. The van der Waals surface area contributed by atoms with Crippen molar-refractivity contribution >= 4 is 11.9 Å². The van der Waals surface area contributed by atoms with Gasteiger partial charge < -0.3 is 34.6 Å². The van der Waals surface area contributed by atoms with Crippen LogP contribution in [0.25, 0.3) is 0 Å². The summed E-state index contributed by atoms with van der Waals surface area (Å²) in [5.74, 6) is -1.23. The van der Waals surface area contributed by atoms with Crippen molar-refractivity contribution in [3.8, 4) is 11.5 Å². The molecule has 2 saturated heterocycles. The fourth-order valence-electron chi connectivity index (χ4n) is 1.52. The first-order valence-electron chi connectivity index (χ1n) is 10.6. The molecule has 192 valence electrons. The molecule has 0 radical (unpaired) electrons. The van der Waals surface area contributed by atoms with Gasteiger partial charge >= 0.3 is 11.9 Å². The first kappa shape index (κ1) is 31.3. The molecule has 2 atom stereocenters. The molecule has 0 bridgehead atoms. The zero-order valence-corrected chi connectivity index (χ0v) is 20.0. The molecule has 2 aromatic rings. The summed E-state index contributed by atoms with van der Waals surface area (Å²) in [5.41, 5.74) is 0.352. The summed E-state index contributed by atoms with van der Waals surface area (Å²) in [7, 11) is 0. The Hall–Kier alpha value is -3.66. The number of ether oxygens (including phenoxy) is 3. The normalized spacial score (nSPS) is 15.9. The number of phenols is 2. The van der Waals surface area contributed by atoms with Crippen LogP contribution in [0.3, 0.4) is 0 Å². The standard InChI is InChI=1S/C6H10O3.2C6H6O.2C4H6O2/c1(5-3-8-5)7-2-6-4-9-6;2*7-6-4-2-1-3-5-6;2*1-3(2)4(5)6/h5-6H,1-4H2;2*1-5,7H;2*1H2,2H3,(H,5,6). The molecule has 0 aliphatic carbocycles. The molecule has 2 aliphatic heterocycles. The van der Waals surface area contributed by atoms with E-state index in [4.69, 9.17) is 34.6 Å². The van der Waals surface area contributed by atoms with Crippen molar-refractivity contribution in [1.82, 2.24) is 0 Å². The molecule has 0 amide bonds. The van der Waals surface area contributed by atoms with E-state index in [1.165, 1.54) is 13.8 Å². The summed E-state index contributed by atoms with van der Waals surface area (Å²) in [5, 5.41) is 33.0. The average Bonchev–Trinajstić information content (AvgIpc) is 3.73. The number of carboxylic acids is 2. The van der Waals surface area contributed by atoms with Gasteiger partial charge in [-0.1, -0.05) is 49.6 Å². The molecule has 35 heavy (non-hydrogen) atoms. The lowest BCUT2D eigenvalue weighted by Crippen LogP contribution is -2.06. The largest absolute Gasteiger partial charge is 0.508 e. The summed E-state index contributed by atoms with van der Waals surface area (Å²) in [6, 6.07) is 17.4. The smallest absolute Gasteiger partial charge is 0.330 e. The minimum atomic E-state index is -0.935. The van der Waals surface area contributed by atoms with Gasteiger partial charge in [0.15, 0.2) is 0 Å². The van der Waals surface area contributed by atoms with Crippen molar-refractivity contribution < 1.29 is 44.2 Å². The summed E-state index contributed by atoms with van der Waals surface area (Å²) in [4.78, 5) is 19.2. The zero-order chi connectivity index (χ0) is 26.6. The van der Waals surface area contributed by atoms with E-state index in [0.717, 1.165) is 26.4 Å². The Bertz CT molecular complexity index is 777. The maximum atomic E-state index is 9.60. The van der Waals surface area contributed by atoms with Crippen molar-refractivity contribution in [1.29, 1.82) is 0 Å². The lowest BCUT2D eigenvalue weighted by atomic mass is 10.3. The number of aromatic hydroxyl groups is 2. The van der Waals surface area contributed by atoms with E-state index >= 15 is 0 Å². The number of aliphatic carboxylic acids is 2. The predicted molar refractivity (Wildman–Crippen MR) is 131 cm³/mol. The number of epoxide rings is 2. The maximum Gasteiger partial charge on any atom is 0.330 e. The number of benzene rings is 2. The Morgan fingerprint density at radius 3 is 1.17 bits per heavy atom. The lowest BCUT2D eigenvalue weighted by molar-refractivity contribution is -0.133. The minimum absolute atomic E-state index is 0.176. The van der Waals surface area contributed by atoms with Crippen LogP contribution < -0.4 is 0 Å². The van der Waals surface area contributed by atoms with Crippen molar-refractivity contribution in [2.75, 3.05) is 26.4 Å². The number of para-hydroxylation sites is 2. The SMILES string of the molecule is C(OCC1CO1)C1CO1.C=C(C)C(=O)O.C=C(C)C(=O)O.Oc1ccccc1.Oc1ccccc1. The number of carbonyl (C=O) groups is 2. The highest BCUT2D eigenvalue weighted by molar-refractivity contribution is 5.85. The van der Waals surface area contributed by atoms with Crippen molar-refractivity contribution in [2.45, 2.75) is 26.1 Å². The van der Waals surface area contributed by atoms with E-state index < -0.39 is 11.9 Å². The van der Waals surface area contributed by atoms with Crippen molar-refractivity contribution in [3.63, 3.8) is 0 Å². The van der Waals surface area contributed by atoms with Gasteiger partial charge in [0.25, 0.3) is 0 Å². The van der Waals surface area contributed by atoms with E-state index in [-0.39, 0.29) is 11.1 Å².